The topological polar surface area (TPSA) is 26.8 Å². The van der Waals surface area contributed by atoms with Crippen LogP contribution in [-0.4, -0.2) is 48.1 Å². The summed E-state index contributed by atoms with van der Waals surface area (Å²) >= 11 is 0. The van der Waals surface area contributed by atoms with E-state index in [0.717, 1.165) is 29.7 Å². The predicted molar refractivity (Wildman–Crippen MR) is 136 cm³/mol. The van der Waals surface area contributed by atoms with Crippen molar-refractivity contribution in [1.82, 2.24) is 0 Å². The molecule has 0 aromatic heterocycles. The van der Waals surface area contributed by atoms with Crippen molar-refractivity contribution in [2.75, 3.05) is 57.0 Å². The Hall–Kier alpha value is -3.27. The van der Waals surface area contributed by atoms with E-state index in [0.29, 0.717) is 0 Å². The maximum Gasteiger partial charge on any atom is 0.187 e. The van der Waals surface area contributed by atoms with Gasteiger partial charge >= 0.3 is 0 Å². The summed E-state index contributed by atoms with van der Waals surface area (Å²) in [5.74, 6) is 0.108. The highest BCUT2D eigenvalue weighted by Gasteiger charge is 2.41. The molecule has 2 aliphatic carbocycles. The first-order valence-corrected chi connectivity index (χ1v) is 11.2. The van der Waals surface area contributed by atoms with Gasteiger partial charge in [0.1, 0.15) is 0 Å². The first-order valence-electron chi connectivity index (χ1n) is 11.2. The van der Waals surface area contributed by atoms with Gasteiger partial charge in [0.05, 0.1) is 0 Å². The second-order valence-electron chi connectivity index (χ2n) is 9.83. The molecule has 4 heteroatoms. The van der Waals surface area contributed by atoms with Gasteiger partial charge in [0.15, 0.2) is 5.78 Å². The van der Waals surface area contributed by atoms with Crippen molar-refractivity contribution in [3.8, 4) is 0 Å². The smallest absolute Gasteiger partial charge is 0.187 e. The Morgan fingerprint density at radius 3 is 1.78 bits per heavy atom. The molecular formula is C28H31N3O. The third-order valence-electron chi connectivity index (χ3n) is 7.13. The van der Waals surface area contributed by atoms with Gasteiger partial charge in [-0.1, -0.05) is 30.3 Å². The Bertz CT molecular complexity index is 1230. The number of anilines is 3. The second-order valence-corrected chi connectivity index (χ2v) is 9.83. The van der Waals surface area contributed by atoms with E-state index < -0.39 is 0 Å². The molecule has 0 radical (unpaired) electrons. The van der Waals surface area contributed by atoms with E-state index >= 15 is 0 Å². The summed E-state index contributed by atoms with van der Waals surface area (Å²) in [7, 11) is 12.5. The average molecular weight is 426 g/mol. The molecule has 1 spiro atoms. The summed E-state index contributed by atoms with van der Waals surface area (Å²) in [4.78, 5) is 19.4. The number of nitrogens with zero attached hydrogens (tertiary/aromatic N) is 3. The lowest BCUT2D eigenvalue weighted by Crippen LogP contribution is -2.37. The molecule has 0 fully saturated rings. The van der Waals surface area contributed by atoms with Gasteiger partial charge in [0.25, 0.3) is 0 Å². The highest BCUT2D eigenvalue weighted by atomic mass is 16.1. The van der Waals surface area contributed by atoms with Gasteiger partial charge in [-0.05, 0) is 59.2 Å². The van der Waals surface area contributed by atoms with Gasteiger partial charge in [-0.25, -0.2) is 0 Å². The molecule has 5 rings (SSSR count). The molecule has 2 aliphatic rings. The molecule has 0 aliphatic heterocycles. The quantitative estimate of drug-likeness (QED) is 0.601. The molecule has 0 saturated carbocycles. The first kappa shape index (κ1) is 20.6. The van der Waals surface area contributed by atoms with Crippen LogP contribution in [0.4, 0.5) is 17.1 Å². The fraction of sp³-hybridized carbons (Fsp3) is 0.321. The summed E-state index contributed by atoms with van der Waals surface area (Å²) in [6.07, 6.45) is 5.77. The minimum Gasteiger partial charge on any atom is -0.377 e. The molecule has 164 valence electrons. The average Bonchev–Trinajstić information content (AvgIpc) is 2.76. The van der Waals surface area contributed by atoms with Crippen molar-refractivity contribution in [3.05, 3.63) is 76.9 Å². The highest BCUT2D eigenvalue weighted by Crippen LogP contribution is 2.49. The van der Waals surface area contributed by atoms with Crippen LogP contribution in [0.15, 0.2) is 54.6 Å². The Kier molecular flexibility index (Phi) is 4.59. The number of fused-ring (bicyclic) bond motifs is 2. The van der Waals surface area contributed by atoms with Gasteiger partial charge in [-0.3, -0.25) is 4.79 Å². The fourth-order valence-corrected chi connectivity index (χ4v) is 5.69. The van der Waals surface area contributed by atoms with Crippen molar-refractivity contribution in [2.45, 2.75) is 18.3 Å². The molecule has 4 nitrogen and oxygen atoms in total. The molecule has 0 saturated heterocycles. The van der Waals surface area contributed by atoms with Crippen molar-refractivity contribution in [1.29, 1.82) is 0 Å². The molecule has 32 heavy (non-hydrogen) atoms. The molecule has 3 aromatic carbocycles. The monoisotopic (exact) mass is 425 g/mol. The SMILES string of the molecule is CN(C)c1cccc2c1C(=O)C=CC21Cc2ccc(N(C)C)c3c(N(C)C)ccc(c23)C1. The lowest BCUT2D eigenvalue weighted by Gasteiger charge is -2.41. The number of benzene rings is 3. The molecular weight excluding hydrogens is 394 g/mol. The van der Waals surface area contributed by atoms with Gasteiger partial charge in [0.2, 0.25) is 0 Å². The molecule has 0 bridgehead atoms. The van der Waals surface area contributed by atoms with Crippen LogP contribution in [0.2, 0.25) is 0 Å². The van der Waals surface area contributed by atoms with E-state index in [4.69, 9.17) is 0 Å². The van der Waals surface area contributed by atoms with Crippen LogP contribution in [-0.2, 0) is 18.3 Å². The third kappa shape index (κ3) is 2.85. The van der Waals surface area contributed by atoms with Crippen molar-refractivity contribution in [2.24, 2.45) is 0 Å². The van der Waals surface area contributed by atoms with E-state index in [1.807, 2.05) is 25.1 Å². The van der Waals surface area contributed by atoms with E-state index in [9.17, 15) is 4.79 Å². The minimum atomic E-state index is -0.200. The number of hydrogen-bond acceptors (Lipinski definition) is 4. The predicted octanol–water partition coefficient (Wildman–Crippen LogP) is 4.83. The number of ketones is 1. The van der Waals surface area contributed by atoms with Crippen LogP contribution in [0.5, 0.6) is 0 Å². The first-order chi connectivity index (χ1) is 15.2. The van der Waals surface area contributed by atoms with Crippen LogP contribution in [0.25, 0.3) is 10.8 Å². The molecule has 0 heterocycles. The Balaban J connectivity index is 1.77. The maximum atomic E-state index is 13.0. The summed E-state index contributed by atoms with van der Waals surface area (Å²) in [5.41, 5.74) is 8.02. The van der Waals surface area contributed by atoms with E-state index in [2.05, 4.69) is 80.5 Å². The number of carbonyl (C=O) groups is 1. The second kappa shape index (κ2) is 7.13. The summed E-state index contributed by atoms with van der Waals surface area (Å²) in [6.45, 7) is 0. The largest absolute Gasteiger partial charge is 0.377 e. The lowest BCUT2D eigenvalue weighted by atomic mass is 9.63. The normalized spacial score (nSPS) is 15.8. The number of rotatable bonds is 3. The zero-order valence-electron chi connectivity index (χ0n) is 19.9. The fourth-order valence-electron chi connectivity index (χ4n) is 5.69. The number of allylic oxidation sites excluding steroid dienone is 2. The minimum absolute atomic E-state index is 0.108. The van der Waals surface area contributed by atoms with Gasteiger partial charge < -0.3 is 14.7 Å². The van der Waals surface area contributed by atoms with Crippen molar-refractivity contribution in [3.63, 3.8) is 0 Å². The molecule has 3 aromatic rings. The number of carbonyl (C=O) groups excluding carboxylic acids is 1. The summed E-state index contributed by atoms with van der Waals surface area (Å²) in [5, 5.41) is 2.70. The summed E-state index contributed by atoms with van der Waals surface area (Å²) < 4.78 is 0. The highest BCUT2D eigenvalue weighted by molar-refractivity contribution is 6.12. The van der Waals surface area contributed by atoms with Crippen LogP contribution in [0.3, 0.4) is 0 Å². The molecule has 0 amide bonds. The summed E-state index contributed by atoms with van der Waals surface area (Å²) in [6, 6.07) is 15.4. The van der Waals surface area contributed by atoms with E-state index in [-0.39, 0.29) is 11.2 Å². The van der Waals surface area contributed by atoms with Crippen molar-refractivity contribution < 1.29 is 4.79 Å². The Morgan fingerprint density at radius 2 is 1.25 bits per heavy atom. The van der Waals surface area contributed by atoms with Crippen LogP contribution in [0.1, 0.15) is 27.0 Å². The zero-order valence-corrected chi connectivity index (χ0v) is 19.9. The maximum absolute atomic E-state index is 13.0. The van der Waals surface area contributed by atoms with E-state index in [1.165, 1.54) is 33.3 Å². The Morgan fingerprint density at radius 1 is 0.688 bits per heavy atom. The van der Waals surface area contributed by atoms with Gasteiger partial charge in [-0.15, -0.1) is 0 Å². The van der Waals surface area contributed by atoms with Crippen LogP contribution in [0, 0.1) is 0 Å². The third-order valence-corrected chi connectivity index (χ3v) is 7.13. The Labute approximate surface area is 190 Å². The van der Waals surface area contributed by atoms with E-state index in [1.54, 1.807) is 6.08 Å². The lowest BCUT2D eigenvalue weighted by molar-refractivity contribution is 0.104. The van der Waals surface area contributed by atoms with Gasteiger partial charge in [0, 0.05) is 75.7 Å². The standard InChI is InChI=1S/C28H31N3O/c1-29(2)21-9-7-8-20-26(21)24(32)14-15-28(20)16-18-10-12-22(30(3)4)27-23(31(5)6)13-11-19(17-28)25(18)27/h7-15H,16-17H2,1-6H3. The van der Waals surface area contributed by atoms with Crippen LogP contribution >= 0.6 is 0 Å². The van der Waals surface area contributed by atoms with Crippen LogP contribution < -0.4 is 14.7 Å². The molecule has 0 atom stereocenters. The molecule has 0 unspecified atom stereocenters. The zero-order chi connectivity index (χ0) is 22.8. The van der Waals surface area contributed by atoms with Crippen molar-refractivity contribution >= 4 is 33.6 Å². The van der Waals surface area contributed by atoms with Gasteiger partial charge in [-0.2, -0.15) is 0 Å². The number of hydrogen-bond donors (Lipinski definition) is 0. The molecule has 0 N–H and O–H groups in total.